The normalized spacial score (nSPS) is 9.90. The van der Waals surface area contributed by atoms with Crippen LogP contribution in [0.25, 0.3) is 0 Å². The molecule has 0 aliphatic carbocycles. The largest absolute Gasteiger partial charge is 0.465 e. The van der Waals surface area contributed by atoms with Crippen LogP contribution < -0.4 is 10.9 Å². The maximum absolute atomic E-state index is 12.0. The highest BCUT2D eigenvalue weighted by Crippen LogP contribution is 2.19. The lowest BCUT2D eigenvalue weighted by Gasteiger charge is -2.06. The summed E-state index contributed by atoms with van der Waals surface area (Å²) in [6.07, 6.45) is -0.233. The Kier molecular flexibility index (Phi) is 5.77. The van der Waals surface area contributed by atoms with E-state index < -0.39 is 18.0 Å². The fourth-order valence-electron chi connectivity index (χ4n) is 1.87. The average molecular weight is 297 g/mol. The van der Waals surface area contributed by atoms with Gasteiger partial charge in [0.05, 0.1) is 19.3 Å². The van der Waals surface area contributed by atoms with Gasteiger partial charge in [0, 0.05) is 5.69 Å². The van der Waals surface area contributed by atoms with Crippen LogP contribution in [0.1, 0.15) is 46.0 Å². The van der Waals surface area contributed by atoms with Crippen LogP contribution in [0.3, 0.4) is 0 Å². The molecule has 0 radical (unpaired) electrons. The summed E-state index contributed by atoms with van der Waals surface area (Å²) < 4.78 is 9.32. The fourth-order valence-corrected chi connectivity index (χ4v) is 1.87. The maximum atomic E-state index is 12.0. The first-order valence-corrected chi connectivity index (χ1v) is 6.49. The van der Waals surface area contributed by atoms with Crippen molar-refractivity contribution in [2.75, 3.05) is 13.7 Å². The van der Waals surface area contributed by atoms with Gasteiger partial charge in [-0.05, 0) is 25.8 Å². The number of aromatic nitrogens is 1. The highest BCUT2D eigenvalue weighted by Gasteiger charge is 2.23. The molecule has 3 N–H and O–H groups in total. The van der Waals surface area contributed by atoms with E-state index in [0.29, 0.717) is 23.2 Å². The predicted molar refractivity (Wildman–Crippen MR) is 73.9 cm³/mol. The molecule has 1 rings (SSSR count). The summed E-state index contributed by atoms with van der Waals surface area (Å²) in [5.41, 5.74) is 5.88. The third-order valence-corrected chi connectivity index (χ3v) is 2.85. The molecule has 0 aliphatic heterocycles. The summed E-state index contributed by atoms with van der Waals surface area (Å²) in [6.45, 7) is 5.31. The monoisotopic (exact) mass is 297 g/mol. The summed E-state index contributed by atoms with van der Waals surface area (Å²) in [6, 6.07) is 0. The quantitative estimate of drug-likeness (QED) is 0.568. The molecule has 0 atom stereocenters. The smallest absolute Gasteiger partial charge is 0.426 e. The van der Waals surface area contributed by atoms with Crippen molar-refractivity contribution in [2.45, 2.75) is 27.2 Å². The number of rotatable bonds is 4. The second-order valence-electron chi connectivity index (χ2n) is 4.12. The van der Waals surface area contributed by atoms with Gasteiger partial charge < -0.3 is 14.5 Å². The fraction of sp³-hybridized carbons (Fsp3) is 0.462. The Hall–Kier alpha value is -2.51. The maximum Gasteiger partial charge on any atom is 0.426 e. The molecule has 0 saturated carbocycles. The Labute approximate surface area is 122 Å². The van der Waals surface area contributed by atoms with Crippen molar-refractivity contribution >= 4 is 18.0 Å². The van der Waals surface area contributed by atoms with E-state index >= 15 is 0 Å². The average Bonchev–Trinajstić information content (AvgIpc) is 2.81. The summed E-state index contributed by atoms with van der Waals surface area (Å²) in [7, 11) is 1.27. The van der Waals surface area contributed by atoms with Gasteiger partial charge in [-0.3, -0.25) is 10.2 Å². The minimum absolute atomic E-state index is 0.184. The van der Waals surface area contributed by atoms with Crippen LogP contribution in [0.2, 0.25) is 0 Å². The van der Waals surface area contributed by atoms with Crippen LogP contribution >= 0.6 is 0 Å². The Morgan fingerprint density at radius 1 is 1.19 bits per heavy atom. The van der Waals surface area contributed by atoms with Gasteiger partial charge in [0.25, 0.3) is 5.91 Å². The number of ether oxygens (including phenoxy) is 2. The first-order chi connectivity index (χ1) is 9.96. The van der Waals surface area contributed by atoms with Gasteiger partial charge in [-0.15, -0.1) is 0 Å². The molecule has 0 aromatic carbocycles. The lowest BCUT2D eigenvalue weighted by Crippen LogP contribution is -2.42. The standard InChI is InChI=1S/C13H19N3O5/c1-5-8-9(12(18)20-4)7(3)10(14-8)11(17)15-16-13(19)21-6-2/h14H,5-6H2,1-4H3,(H,15,17)(H,16,19). The highest BCUT2D eigenvalue weighted by molar-refractivity contribution is 6.00. The molecule has 0 fully saturated rings. The number of carbonyl (C=O) groups excluding carboxylic acids is 3. The van der Waals surface area contributed by atoms with E-state index in [4.69, 9.17) is 4.74 Å². The summed E-state index contributed by atoms with van der Waals surface area (Å²) in [5, 5.41) is 0. The number of aryl methyl sites for hydroxylation is 1. The van der Waals surface area contributed by atoms with E-state index in [-0.39, 0.29) is 12.3 Å². The van der Waals surface area contributed by atoms with Crippen LogP contribution in [0, 0.1) is 6.92 Å². The van der Waals surface area contributed by atoms with E-state index in [1.54, 1.807) is 13.8 Å². The van der Waals surface area contributed by atoms with Gasteiger partial charge in [-0.2, -0.15) is 0 Å². The van der Waals surface area contributed by atoms with Crippen LogP contribution in [-0.4, -0.2) is 36.7 Å². The lowest BCUT2D eigenvalue weighted by atomic mass is 10.1. The number of carbonyl (C=O) groups is 3. The number of esters is 1. The zero-order chi connectivity index (χ0) is 16.0. The minimum Gasteiger partial charge on any atom is -0.465 e. The summed E-state index contributed by atoms with van der Waals surface area (Å²) in [5.74, 6) is -1.09. The number of methoxy groups -OCH3 is 1. The lowest BCUT2D eigenvalue weighted by molar-refractivity contribution is 0.0599. The molecular weight excluding hydrogens is 278 g/mol. The van der Waals surface area contributed by atoms with Gasteiger partial charge in [0.2, 0.25) is 0 Å². The molecule has 2 amide bonds. The topological polar surface area (TPSA) is 110 Å². The molecule has 1 aromatic rings. The van der Waals surface area contributed by atoms with E-state index in [0.717, 1.165) is 0 Å². The van der Waals surface area contributed by atoms with Crippen LogP contribution in [0.15, 0.2) is 0 Å². The molecule has 1 aromatic heterocycles. The minimum atomic E-state index is -0.765. The van der Waals surface area contributed by atoms with Crippen molar-refractivity contribution in [2.24, 2.45) is 0 Å². The van der Waals surface area contributed by atoms with Gasteiger partial charge in [-0.1, -0.05) is 6.92 Å². The van der Waals surface area contributed by atoms with Crippen molar-refractivity contribution < 1.29 is 23.9 Å². The third-order valence-electron chi connectivity index (χ3n) is 2.85. The number of H-pyrrole nitrogens is 1. The number of nitrogens with one attached hydrogen (secondary N) is 3. The van der Waals surface area contributed by atoms with Crippen LogP contribution in [0.4, 0.5) is 4.79 Å². The van der Waals surface area contributed by atoms with Crippen molar-refractivity contribution in [3.63, 3.8) is 0 Å². The molecule has 116 valence electrons. The number of aromatic amines is 1. The zero-order valence-corrected chi connectivity index (χ0v) is 12.5. The molecule has 0 saturated heterocycles. The highest BCUT2D eigenvalue weighted by atomic mass is 16.6. The van der Waals surface area contributed by atoms with Crippen molar-refractivity contribution in [3.05, 3.63) is 22.5 Å². The van der Waals surface area contributed by atoms with Crippen molar-refractivity contribution in [3.8, 4) is 0 Å². The number of amides is 2. The zero-order valence-electron chi connectivity index (χ0n) is 12.5. The van der Waals surface area contributed by atoms with Gasteiger partial charge >= 0.3 is 12.1 Å². The van der Waals surface area contributed by atoms with Gasteiger partial charge in [-0.25, -0.2) is 15.0 Å². The van der Waals surface area contributed by atoms with E-state index in [1.165, 1.54) is 7.11 Å². The van der Waals surface area contributed by atoms with Crippen molar-refractivity contribution in [1.29, 1.82) is 0 Å². The van der Waals surface area contributed by atoms with E-state index in [2.05, 4.69) is 20.6 Å². The third kappa shape index (κ3) is 3.74. The van der Waals surface area contributed by atoms with E-state index in [9.17, 15) is 14.4 Å². The second-order valence-corrected chi connectivity index (χ2v) is 4.12. The summed E-state index contributed by atoms with van der Waals surface area (Å²) >= 11 is 0. The first kappa shape index (κ1) is 16.5. The Morgan fingerprint density at radius 3 is 2.38 bits per heavy atom. The van der Waals surface area contributed by atoms with Crippen molar-refractivity contribution in [1.82, 2.24) is 15.8 Å². The molecule has 21 heavy (non-hydrogen) atoms. The molecular formula is C13H19N3O5. The first-order valence-electron chi connectivity index (χ1n) is 6.49. The van der Waals surface area contributed by atoms with Crippen LogP contribution in [-0.2, 0) is 15.9 Å². The Bertz CT molecular complexity index is 550. The number of hydrogen-bond acceptors (Lipinski definition) is 5. The SMILES string of the molecule is CCOC(=O)NNC(=O)c1[nH]c(CC)c(C(=O)OC)c1C. The van der Waals surface area contributed by atoms with Crippen LogP contribution in [0.5, 0.6) is 0 Å². The van der Waals surface area contributed by atoms with Gasteiger partial charge in [0.15, 0.2) is 0 Å². The summed E-state index contributed by atoms with van der Waals surface area (Å²) in [4.78, 5) is 37.7. The molecule has 0 spiro atoms. The van der Waals surface area contributed by atoms with E-state index in [1.807, 2.05) is 6.92 Å². The molecule has 1 heterocycles. The second kappa shape index (κ2) is 7.32. The molecule has 0 unspecified atom stereocenters. The Morgan fingerprint density at radius 2 is 1.86 bits per heavy atom. The molecule has 0 aliphatic rings. The molecule has 8 heteroatoms. The predicted octanol–water partition coefficient (Wildman–Crippen LogP) is 1.06. The van der Waals surface area contributed by atoms with Gasteiger partial charge in [0.1, 0.15) is 5.69 Å². The molecule has 8 nitrogen and oxygen atoms in total. The Balaban J connectivity index is 2.93. The number of hydrazine groups is 1. The molecule has 0 bridgehead atoms. The number of hydrogen-bond donors (Lipinski definition) is 3.